The molecule has 0 radical (unpaired) electrons. The van der Waals surface area contributed by atoms with Crippen LogP contribution in [0.1, 0.15) is 37.7 Å². The molecule has 1 aromatic rings. The highest BCUT2D eigenvalue weighted by molar-refractivity contribution is 7.80. The van der Waals surface area contributed by atoms with Crippen molar-refractivity contribution >= 4 is 39.4 Å². The Labute approximate surface area is 183 Å². The number of methoxy groups -OCH3 is 1. The third kappa shape index (κ3) is 4.09. The van der Waals surface area contributed by atoms with Crippen molar-refractivity contribution in [2.45, 2.75) is 44.6 Å². The molecule has 1 amide bonds. The van der Waals surface area contributed by atoms with Crippen LogP contribution < -0.4 is 10.1 Å². The number of ether oxygens (including phenoxy) is 1. The first kappa shape index (κ1) is 21.2. The van der Waals surface area contributed by atoms with E-state index in [0.717, 1.165) is 11.8 Å². The molecule has 4 saturated carbocycles. The topological polar surface area (TPSA) is 88.1 Å². The number of thiocarbonyl (C=S) groups is 1. The molecular formula is C21H27N3O4S2. The van der Waals surface area contributed by atoms with E-state index in [0.29, 0.717) is 28.3 Å². The van der Waals surface area contributed by atoms with E-state index in [-0.39, 0.29) is 24.1 Å². The van der Waals surface area contributed by atoms with E-state index >= 15 is 0 Å². The molecule has 0 saturated heterocycles. The van der Waals surface area contributed by atoms with E-state index in [1.165, 1.54) is 39.2 Å². The molecule has 162 valence electrons. The Bertz CT molecular complexity index is 956. The Morgan fingerprint density at radius 3 is 2.37 bits per heavy atom. The summed E-state index contributed by atoms with van der Waals surface area (Å²) in [5, 5.41) is 3.48. The van der Waals surface area contributed by atoms with Crippen molar-refractivity contribution in [2.24, 2.45) is 28.0 Å². The van der Waals surface area contributed by atoms with Crippen LogP contribution in [-0.2, 0) is 21.7 Å². The molecule has 0 unspecified atom stereocenters. The SMILES string of the molecule is CNC(=S)N(C(=O)Cc1ccc(OC)c(N=S(=O)=O)c1)C1C2CC3CC(C2)CC1C3. The van der Waals surface area contributed by atoms with Gasteiger partial charge in [0.05, 0.1) is 13.5 Å². The fourth-order valence-electron chi connectivity index (χ4n) is 6.11. The number of hydrogen-bond acceptors (Lipinski definition) is 6. The number of nitrogens with zero attached hydrogens (tertiary/aromatic N) is 2. The highest BCUT2D eigenvalue weighted by Crippen LogP contribution is 2.55. The Morgan fingerprint density at radius 2 is 1.83 bits per heavy atom. The van der Waals surface area contributed by atoms with Crippen LogP contribution in [0.3, 0.4) is 0 Å². The van der Waals surface area contributed by atoms with Crippen LogP contribution >= 0.6 is 12.2 Å². The molecule has 0 spiro atoms. The van der Waals surface area contributed by atoms with Gasteiger partial charge in [0.1, 0.15) is 11.4 Å². The van der Waals surface area contributed by atoms with Crippen LogP contribution in [0.2, 0.25) is 0 Å². The van der Waals surface area contributed by atoms with E-state index in [4.69, 9.17) is 17.0 Å². The number of hydrogen-bond donors (Lipinski definition) is 1. The van der Waals surface area contributed by atoms with Crippen molar-refractivity contribution in [2.75, 3.05) is 14.2 Å². The number of carbonyl (C=O) groups excluding carboxylic acids is 1. The van der Waals surface area contributed by atoms with Gasteiger partial charge in [0, 0.05) is 13.1 Å². The first-order valence-electron chi connectivity index (χ1n) is 10.4. The van der Waals surface area contributed by atoms with Gasteiger partial charge in [-0.15, -0.1) is 4.36 Å². The first-order valence-corrected chi connectivity index (χ1v) is 11.8. The number of benzene rings is 1. The summed E-state index contributed by atoms with van der Waals surface area (Å²) in [5.41, 5.74) is 0.867. The van der Waals surface area contributed by atoms with Crippen LogP contribution in [-0.4, -0.2) is 44.5 Å². The summed E-state index contributed by atoms with van der Waals surface area (Å²) in [4.78, 5) is 15.3. The monoisotopic (exact) mass is 449 g/mol. The molecule has 4 fully saturated rings. The van der Waals surface area contributed by atoms with Gasteiger partial charge >= 0.3 is 10.5 Å². The fraction of sp³-hybridized carbons (Fsp3) is 0.619. The first-order chi connectivity index (χ1) is 14.4. The zero-order valence-electron chi connectivity index (χ0n) is 17.2. The van der Waals surface area contributed by atoms with Gasteiger partial charge in [0.25, 0.3) is 0 Å². The maximum Gasteiger partial charge on any atom is 0.316 e. The lowest BCUT2D eigenvalue weighted by atomic mass is 9.54. The van der Waals surface area contributed by atoms with Crippen LogP contribution in [0.25, 0.3) is 0 Å². The fourth-order valence-corrected chi connectivity index (χ4v) is 6.64. The van der Waals surface area contributed by atoms with Crippen LogP contribution in [0.4, 0.5) is 5.69 Å². The second kappa shape index (κ2) is 8.63. The maximum atomic E-state index is 13.4. The lowest BCUT2D eigenvalue weighted by molar-refractivity contribution is -0.135. The Balaban J connectivity index is 1.60. The lowest BCUT2D eigenvalue weighted by Gasteiger charge is -2.57. The summed E-state index contributed by atoms with van der Waals surface area (Å²) in [6.45, 7) is 0. The number of amides is 1. The zero-order chi connectivity index (χ0) is 21.4. The molecule has 30 heavy (non-hydrogen) atoms. The molecule has 0 aliphatic heterocycles. The van der Waals surface area contributed by atoms with E-state index in [2.05, 4.69) is 9.68 Å². The van der Waals surface area contributed by atoms with E-state index < -0.39 is 10.5 Å². The van der Waals surface area contributed by atoms with E-state index in [1.54, 1.807) is 25.2 Å². The minimum Gasteiger partial charge on any atom is -0.494 e. The van der Waals surface area contributed by atoms with Crippen molar-refractivity contribution < 1.29 is 17.9 Å². The number of carbonyl (C=O) groups is 1. The average Bonchev–Trinajstić information content (AvgIpc) is 2.69. The Kier molecular flexibility index (Phi) is 6.11. The summed E-state index contributed by atoms with van der Waals surface area (Å²) < 4.78 is 30.8. The van der Waals surface area contributed by atoms with Gasteiger partial charge in [-0.1, -0.05) is 6.07 Å². The highest BCUT2D eigenvalue weighted by atomic mass is 32.2. The molecule has 7 nitrogen and oxygen atoms in total. The lowest BCUT2D eigenvalue weighted by Crippen LogP contribution is -2.60. The Hall–Kier alpha value is -2.00. The van der Waals surface area contributed by atoms with Gasteiger partial charge < -0.3 is 10.1 Å². The maximum absolute atomic E-state index is 13.4. The zero-order valence-corrected chi connectivity index (χ0v) is 18.8. The highest BCUT2D eigenvalue weighted by Gasteiger charge is 2.51. The second-order valence-corrected chi connectivity index (χ2v) is 9.74. The minimum absolute atomic E-state index is 0.0637. The van der Waals surface area contributed by atoms with Crippen LogP contribution in [0.15, 0.2) is 22.6 Å². The molecule has 1 N–H and O–H groups in total. The van der Waals surface area contributed by atoms with Crippen molar-refractivity contribution in [3.8, 4) is 5.75 Å². The molecule has 4 bridgehead atoms. The normalized spacial score (nSPS) is 28.7. The van der Waals surface area contributed by atoms with Crippen LogP contribution in [0, 0.1) is 23.7 Å². The van der Waals surface area contributed by atoms with Crippen molar-refractivity contribution in [1.29, 1.82) is 0 Å². The Morgan fingerprint density at radius 1 is 1.20 bits per heavy atom. The van der Waals surface area contributed by atoms with Crippen molar-refractivity contribution in [1.82, 2.24) is 10.2 Å². The molecular weight excluding hydrogens is 422 g/mol. The average molecular weight is 450 g/mol. The molecule has 0 aromatic heterocycles. The standard InChI is InChI=1S/C21H27N3O4S2/c1-22-21(29)24(20-15-6-13-5-14(8-15)9-16(20)7-13)19(25)11-12-3-4-18(28-2)17(10-12)23-30(26)27/h3-4,10,13-16,20H,5-9,11H2,1-2H3,(H,22,29). The van der Waals surface area contributed by atoms with Gasteiger partial charge in [0.2, 0.25) is 5.91 Å². The molecule has 9 heteroatoms. The van der Waals surface area contributed by atoms with Crippen molar-refractivity contribution in [3.05, 3.63) is 23.8 Å². The third-order valence-electron chi connectivity index (χ3n) is 6.95. The van der Waals surface area contributed by atoms with Gasteiger partial charge in [-0.2, -0.15) is 8.42 Å². The van der Waals surface area contributed by atoms with Gasteiger partial charge in [-0.3, -0.25) is 9.69 Å². The predicted octanol–water partition coefficient (Wildman–Crippen LogP) is 3.09. The second-order valence-electron chi connectivity index (χ2n) is 8.73. The quantitative estimate of drug-likeness (QED) is 0.695. The molecule has 4 aliphatic rings. The van der Waals surface area contributed by atoms with Crippen molar-refractivity contribution in [3.63, 3.8) is 0 Å². The van der Waals surface area contributed by atoms with E-state index in [1.807, 2.05) is 4.90 Å². The summed E-state index contributed by atoms with van der Waals surface area (Å²) in [6, 6.07) is 5.14. The largest absolute Gasteiger partial charge is 0.494 e. The molecule has 5 rings (SSSR count). The summed E-state index contributed by atoms with van der Waals surface area (Å²) in [6.07, 6.45) is 6.23. The smallest absolute Gasteiger partial charge is 0.316 e. The third-order valence-corrected chi connectivity index (χ3v) is 7.69. The minimum atomic E-state index is -2.60. The summed E-state index contributed by atoms with van der Waals surface area (Å²) in [7, 11) is 0.603. The molecule has 4 aliphatic carbocycles. The molecule has 0 heterocycles. The number of nitrogens with one attached hydrogen (secondary N) is 1. The summed E-state index contributed by atoms with van der Waals surface area (Å²) >= 11 is 5.56. The van der Waals surface area contributed by atoms with E-state index in [9.17, 15) is 13.2 Å². The molecule has 0 atom stereocenters. The van der Waals surface area contributed by atoms with Gasteiger partial charge in [-0.05, 0) is 85.7 Å². The summed E-state index contributed by atoms with van der Waals surface area (Å²) in [5.74, 6) is 2.93. The van der Waals surface area contributed by atoms with Gasteiger partial charge in [0.15, 0.2) is 5.11 Å². The van der Waals surface area contributed by atoms with Gasteiger partial charge in [-0.25, -0.2) is 0 Å². The molecule has 1 aromatic carbocycles. The predicted molar refractivity (Wildman–Crippen MR) is 117 cm³/mol. The number of rotatable bonds is 5. The van der Waals surface area contributed by atoms with Crippen LogP contribution in [0.5, 0.6) is 5.75 Å².